The Bertz CT molecular complexity index is 1210. The molecule has 0 radical (unpaired) electrons. The summed E-state index contributed by atoms with van der Waals surface area (Å²) >= 11 is 3.45. The van der Waals surface area contributed by atoms with Crippen LogP contribution in [0.4, 0.5) is 0 Å². The Balaban J connectivity index is 1.80. The average Bonchev–Trinajstić information content (AvgIpc) is 3.04. The molecule has 4 rings (SSSR count). The largest absolute Gasteiger partial charge is 0.872 e. The van der Waals surface area contributed by atoms with Crippen LogP contribution in [0, 0.1) is 0 Å². The van der Waals surface area contributed by atoms with Gasteiger partial charge in [0.25, 0.3) is 5.91 Å². The van der Waals surface area contributed by atoms with Crippen LogP contribution < -0.4 is 14.8 Å². The van der Waals surface area contributed by atoms with Crippen molar-refractivity contribution in [1.82, 2.24) is 4.90 Å². The lowest BCUT2D eigenvalue weighted by Gasteiger charge is -2.27. The summed E-state index contributed by atoms with van der Waals surface area (Å²) in [4.78, 5) is 30.6. The molecule has 1 fully saturated rings. The maximum absolute atomic E-state index is 13.5. The number of hydrogen-bond donors (Lipinski definition) is 0. The molecule has 2 heterocycles. The molecule has 3 aromatic rings. The highest BCUT2D eigenvalue weighted by Gasteiger charge is 2.44. The van der Waals surface area contributed by atoms with Crippen LogP contribution >= 0.6 is 15.9 Å². The van der Waals surface area contributed by atoms with Gasteiger partial charge in [0.05, 0.1) is 18.7 Å². The second-order valence-corrected chi connectivity index (χ2v) is 8.98. The first kappa shape index (κ1) is 22.7. The van der Waals surface area contributed by atoms with Crippen molar-refractivity contribution in [2.75, 3.05) is 0 Å². The summed E-state index contributed by atoms with van der Waals surface area (Å²) in [7, 11) is 0. The molecule has 0 spiro atoms. The summed E-state index contributed by atoms with van der Waals surface area (Å²) in [6, 6.07) is 16.8. The first-order valence-electron chi connectivity index (χ1n) is 10.6. The first-order chi connectivity index (χ1) is 15.8. The van der Waals surface area contributed by atoms with Gasteiger partial charge in [-0.05, 0) is 55.3 Å². The second kappa shape index (κ2) is 9.58. The molecule has 1 aromatic heterocycles. The fourth-order valence-corrected chi connectivity index (χ4v) is 4.31. The zero-order valence-corrected chi connectivity index (χ0v) is 19.8. The number of halogens is 1. The minimum absolute atomic E-state index is 0.000319. The molecule has 1 amide bonds. The number of ketones is 1. The van der Waals surface area contributed by atoms with Crippen LogP contribution in [0.15, 0.2) is 83.1 Å². The smallest absolute Gasteiger partial charge is 0.295 e. The molecule has 168 valence electrons. The molecule has 0 bridgehead atoms. The van der Waals surface area contributed by atoms with Crippen molar-refractivity contribution in [3.8, 4) is 5.75 Å². The van der Waals surface area contributed by atoms with E-state index in [0.29, 0.717) is 16.9 Å². The highest BCUT2D eigenvalue weighted by molar-refractivity contribution is 9.10. The molecule has 1 atom stereocenters. The number of pyridine rings is 1. The number of likely N-dealkylation sites (tertiary alicyclic amines) is 1. The molecule has 0 aliphatic carbocycles. The van der Waals surface area contributed by atoms with Gasteiger partial charge in [-0.25, -0.2) is 4.98 Å². The number of nitrogens with one attached hydrogen (secondary N) is 1. The Hall–Kier alpha value is -3.45. The fraction of sp³-hybridized carbons (Fsp3) is 0.192. The molecular formula is C26H23BrN2O4. The van der Waals surface area contributed by atoms with E-state index in [9.17, 15) is 14.7 Å². The maximum atomic E-state index is 13.5. The summed E-state index contributed by atoms with van der Waals surface area (Å²) in [5.74, 6) is -1.29. The van der Waals surface area contributed by atoms with E-state index < -0.39 is 23.5 Å². The number of carbonyl (C=O) groups excluding carboxylic acids is 2. The summed E-state index contributed by atoms with van der Waals surface area (Å²) in [5.41, 5.74) is 1.79. The van der Waals surface area contributed by atoms with Gasteiger partial charge in [0.2, 0.25) is 5.78 Å². The van der Waals surface area contributed by atoms with Gasteiger partial charge in [0.15, 0.2) is 12.4 Å². The van der Waals surface area contributed by atoms with Crippen molar-refractivity contribution in [1.29, 1.82) is 0 Å². The Morgan fingerprint density at radius 3 is 2.52 bits per heavy atom. The topological polar surface area (TPSA) is 83.8 Å². The lowest BCUT2D eigenvalue weighted by atomic mass is 9.95. The SMILES string of the molecule is CC(C)Oc1ccc(/C([O-])=C2\C(=O)C(=O)N(Cc3ccc[nH+]c3)C2c2cccc(Br)c2)cc1. The summed E-state index contributed by atoms with van der Waals surface area (Å²) in [5, 5.41) is 13.5. The number of benzene rings is 2. The van der Waals surface area contributed by atoms with E-state index in [-0.39, 0.29) is 18.2 Å². The molecular weight excluding hydrogens is 484 g/mol. The average molecular weight is 507 g/mol. The normalized spacial score (nSPS) is 17.6. The number of aromatic nitrogens is 1. The predicted molar refractivity (Wildman–Crippen MR) is 125 cm³/mol. The number of aromatic amines is 1. The maximum Gasteiger partial charge on any atom is 0.295 e. The predicted octanol–water partition coefficient (Wildman–Crippen LogP) is 3.47. The van der Waals surface area contributed by atoms with E-state index in [4.69, 9.17) is 4.74 Å². The van der Waals surface area contributed by atoms with Crippen molar-refractivity contribution < 1.29 is 24.4 Å². The number of rotatable bonds is 6. The van der Waals surface area contributed by atoms with Gasteiger partial charge >= 0.3 is 0 Å². The third-order valence-electron chi connectivity index (χ3n) is 5.31. The third-order valence-corrected chi connectivity index (χ3v) is 5.80. The highest BCUT2D eigenvalue weighted by Crippen LogP contribution is 2.40. The molecule has 7 heteroatoms. The van der Waals surface area contributed by atoms with Crippen LogP contribution in [0.25, 0.3) is 5.76 Å². The molecule has 1 saturated heterocycles. The molecule has 1 N–H and O–H groups in total. The van der Waals surface area contributed by atoms with Gasteiger partial charge < -0.3 is 14.7 Å². The van der Waals surface area contributed by atoms with Crippen LogP contribution in [-0.4, -0.2) is 22.7 Å². The van der Waals surface area contributed by atoms with Crippen molar-refractivity contribution in [3.05, 3.63) is 99.8 Å². The van der Waals surface area contributed by atoms with Crippen LogP contribution in [0.3, 0.4) is 0 Å². The number of Topliss-reactive ketones (excluding diaryl/α,β-unsaturated/α-hetero) is 1. The third kappa shape index (κ3) is 4.83. The zero-order chi connectivity index (χ0) is 23.5. The van der Waals surface area contributed by atoms with Crippen molar-refractivity contribution in [3.63, 3.8) is 0 Å². The lowest BCUT2D eigenvalue weighted by molar-refractivity contribution is -0.378. The van der Waals surface area contributed by atoms with E-state index >= 15 is 0 Å². The minimum Gasteiger partial charge on any atom is -0.872 e. The van der Waals surface area contributed by atoms with Gasteiger partial charge in [0.1, 0.15) is 5.75 Å². The van der Waals surface area contributed by atoms with E-state index in [1.807, 2.05) is 50.2 Å². The molecule has 0 saturated carbocycles. The molecule has 2 aromatic carbocycles. The fourth-order valence-electron chi connectivity index (χ4n) is 3.89. The van der Waals surface area contributed by atoms with E-state index in [2.05, 4.69) is 20.9 Å². The number of hydrogen-bond acceptors (Lipinski definition) is 4. The number of H-pyrrole nitrogens is 1. The van der Waals surface area contributed by atoms with E-state index in [1.165, 1.54) is 4.90 Å². The van der Waals surface area contributed by atoms with Crippen LogP contribution in [-0.2, 0) is 16.1 Å². The van der Waals surface area contributed by atoms with Crippen LogP contribution in [0.2, 0.25) is 0 Å². The van der Waals surface area contributed by atoms with Gasteiger partial charge in [0, 0.05) is 21.7 Å². The standard InChI is InChI=1S/C26H23BrN2O4/c1-16(2)33-21-10-8-18(9-11-21)24(30)22-23(19-6-3-7-20(27)13-19)29(26(32)25(22)31)15-17-5-4-12-28-14-17/h3-14,16,23,30H,15H2,1-2H3/b24-22+. The van der Waals surface area contributed by atoms with Gasteiger partial charge in [-0.2, -0.15) is 0 Å². The summed E-state index contributed by atoms with van der Waals surface area (Å²) < 4.78 is 6.44. The minimum atomic E-state index is -0.790. The Kier molecular flexibility index (Phi) is 6.60. The highest BCUT2D eigenvalue weighted by atomic mass is 79.9. The number of amides is 1. The van der Waals surface area contributed by atoms with Crippen molar-refractivity contribution in [2.45, 2.75) is 32.5 Å². The number of carbonyl (C=O) groups is 2. The molecule has 1 aliphatic heterocycles. The van der Waals surface area contributed by atoms with Gasteiger partial charge in [-0.15, -0.1) is 0 Å². The molecule has 1 unspecified atom stereocenters. The summed E-state index contributed by atoms with van der Waals surface area (Å²) in [6.45, 7) is 4.02. The Morgan fingerprint density at radius 1 is 1.12 bits per heavy atom. The zero-order valence-electron chi connectivity index (χ0n) is 18.2. The Morgan fingerprint density at radius 2 is 1.88 bits per heavy atom. The lowest BCUT2D eigenvalue weighted by Crippen LogP contribution is -2.29. The number of ether oxygens (including phenoxy) is 1. The van der Waals surface area contributed by atoms with E-state index in [1.54, 1.807) is 36.7 Å². The monoisotopic (exact) mass is 506 g/mol. The summed E-state index contributed by atoms with van der Waals surface area (Å²) in [6.07, 6.45) is 3.53. The van der Waals surface area contributed by atoms with Gasteiger partial charge in [-0.1, -0.05) is 46.0 Å². The quantitative estimate of drug-likeness (QED) is 0.291. The van der Waals surface area contributed by atoms with Crippen molar-refractivity contribution >= 4 is 33.4 Å². The van der Waals surface area contributed by atoms with Crippen LogP contribution in [0.1, 0.15) is 36.6 Å². The molecule has 33 heavy (non-hydrogen) atoms. The molecule has 1 aliphatic rings. The Labute approximate surface area is 200 Å². The molecule has 6 nitrogen and oxygen atoms in total. The van der Waals surface area contributed by atoms with Crippen molar-refractivity contribution in [2.24, 2.45) is 0 Å². The first-order valence-corrected chi connectivity index (χ1v) is 11.4. The van der Waals surface area contributed by atoms with E-state index in [0.717, 1.165) is 10.0 Å². The number of nitrogens with zero attached hydrogens (tertiary/aromatic N) is 1. The second-order valence-electron chi connectivity index (χ2n) is 8.07. The van der Waals surface area contributed by atoms with Crippen LogP contribution in [0.5, 0.6) is 5.75 Å². The van der Waals surface area contributed by atoms with Gasteiger partial charge in [-0.3, -0.25) is 9.59 Å².